The normalized spacial score (nSPS) is 10.1. The fourth-order valence-electron chi connectivity index (χ4n) is 1.67. The lowest BCUT2D eigenvalue weighted by Crippen LogP contribution is -2.34. The summed E-state index contributed by atoms with van der Waals surface area (Å²) in [4.78, 5) is 14.9. The first-order chi connectivity index (χ1) is 9.22. The molecule has 0 atom stereocenters. The zero-order chi connectivity index (χ0) is 14.1. The quantitative estimate of drug-likeness (QED) is 0.769. The highest BCUT2D eigenvalue weighted by atomic mass is 32.1. The van der Waals surface area contributed by atoms with Gasteiger partial charge in [0.25, 0.3) is 5.91 Å². The molecule has 5 heteroatoms. The smallest absolute Gasteiger partial charge is 0.262 e. The van der Waals surface area contributed by atoms with Crippen molar-refractivity contribution in [1.29, 1.82) is 0 Å². The van der Waals surface area contributed by atoms with Crippen molar-refractivity contribution in [3.63, 3.8) is 0 Å². The van der Waals surface area contributed by atoms with E-state index in [0.29, 0.717) is 17.0 Å². The van der Waals surface area contributed by atoms with Crippen LogP contribution in [0.1, 0.15) is 29.1 Å². The monoisotopic (exact) mass is 280 g/mol. The van der Waals surface area contributed by atoms with Gasteiger partial charge in [-0.25, -0.2) is 0 Å². The number of hydrogen-bond donors (Lipinski definition) is 2. The molecule has 1 rings (SSSR count). The van der Waals surface area contributed by atoms with E-state index in [4.69, 9.17) is 5.11 Å². The van der Waals surface area contributed by atoms with Crippen molar-refractivity contribution < 1.29 is 9.90 Å². The third-order valence-corrected chi connectivity index (χ3v) is 3.69. The first kappa shape index (κ1) is 15.7. The van der Waals surface area contributed by atoms with E-state index in [-0.39, 0.29) is 12.5 Å². The van der Waals surface area contributed by atoms with Gasteiger partial charge in [0.2, 0.25) is 0 Å². The summed E-state index contributed by atoms with van der Waals surface area (Å²) in [6.45, 7) is 7.46. The number of amides is 1. The van der Waals surface area contributed by atoms with E-state index in [2.05, 4.69) is 35.9 Å². The van der Waals surface area contributed by atoms with E-state index >= 15 is 0 Å². The highest BCUT2D eigenvalue weighted by molar-refractivity contribution is 7.12. The zero-order valence-corrected chi connectivity index (χ0v) is 12.2. The van der Waals surface area contributed by atoms with Crippen LogP contribution in [0.5, 0.6) is 0 Å². The predicted molar refractivity (Wildman–Crippen MR) is 78.4 cm³/mol. The Labute approximate surface area is 118 Å². The van der Waals surface area contributed by atoms with Gasteiger partial charge in [0, 0.05) is 18.7 Å². The average molecular weight is 280 g/mol. The molecule has 0 spiro atoms. The Morgan fingerprint density at radius 1 is 1.47 bits per heavy atom. The summed E-state index contributed by atoms with van der Waals surface area (Å²) in [5, 5.41) is 13.4. The number of thiophene rings is 1. The van der Waals surface area contributed by atoms with Gasteiger partial charge in [-0.2, -0.15) is 0 Å². The van der Waals surface area contributed by atoms with Crippen LogP contribution in [0.25, 0.3) is 0 Å². The topological polar surface area (TPSA) is 52.6 Å². The van der Waals surface area contributed by atoms with Gasteiger partial charge < -0.3 is 15.3 Å². The average Bonchev–Trinajstić information content (AvgIpc) is 2.89. The summed E-state index contributed by atoms with van der Waals surface area (Å²) in [7, 11) is 0. The van der Waals surface area contributed by atoms with Gasteiger partial charge in [0.1, 0.15) is 11.5 Å². The summed E-state index contributed by atoms with van der Waals surface area (Å²) < 4.78 is 0. The van der Waals surface area contributed by atoms with Gasteiger partial charge in [-0.3, -0.25) is 4.79 Å². The number of rotatable bonds is 6. The van der Waals surface area contributed by atoms with Crippen molar-refractivity contribution in [2.45, 2.75) is 13.8 Å². The van der Waals surface area contributed by atoms with Crippen molar-refractivity contribution in [3.8, 4) is 11.8 Å². The highest BCUT2D eigenvalue weighted by Gasteiger charge is 2.11. The largest absolute Gasteiger partial charge is 0.384 e. The zero-order valence-electron chi connectivity index (χ0n) is 11.4. The van der Waals surface area contributed by atoms with Gasteiger partial charge in [-0.05, 0) is 24.5 Å². The number of carbonyl (C=O) groups is 1. The van der Waals surface area contributed by atoms with Gasteiger partial charge in [-0.15, -0.1) is 11.3 Å². The van der Waals surface area contributed by atoms with E-state index in [9.17, 15) is 4.79 Å². The van der Waals surface area contributed by atoms with E-state index < -0.39 is 0 Å². The number of hydrogen-bond acceptors (Lipinski definition) is 4. The lowest BCUT2D eigenvalue weighted by molar-refractivity contribution is 0.0953. The second kappa shape index (κ2) is 8.70. The molecular formula is C14H20N2O2S. The van der Waals surface area contributed by atoms with Crippen LogP contribution in [0.15, 0.2) is 11.4 Å². The molecule has 1 aromatic heterocycles. The molecule has 0 aliphatic rings. The molecular weight excluding hydrogens is 260 g/mol. The Kier molecular flexibility index (Phi) is 7.19. The summed E-state index contributed by atoms with van der Waals surface area (Å²) in [5.41, 5.74) is 0.680. The fourth-order valence-corrected chi connectivity index (χ4v) is 2.43. The summed E-state index contributed by atoms with van der Waals surface area (Å²) in [6.07, 6.45) is 0. The van der Waals surface area contributed by atoms with E-state index in [0.717, 1.165) is 19.6 Å². The van der Waals surface area contributed by atoms with Crippen LogP contribution in [0.3, 0.4) is 0 Å². The van der Waals surface area contributed by atoms with Crippen LogP contribution in [-0.2, 0) is 0 Å². The Hall–Kier alpha value is -1.35. The molecule has 0 aliphatic carbocycles. The molecule has 0 saturated carbocycles. The third kappa shape index (κ3) is 5.03. The second-order valence-electron chi connectivity index (χ2n) is 3.91. The Balaban J connectivity index is 2.52. The van der Waals surface area contributed by atoms with Crippen LogP contribution in [0.2, 0.25) is 0 Å². The molecule has 0 radical (unpaired) electrons. The summed E-state index contributed by atoms with van der Waals surface area (Å²) in [5.74, 6) is 5.25. The summed E-state index contributed by atoms with van der Waals surface area (Å²) >= 11 is 1.37. The molecule has 4 nitrogen and oxygen atoms in total. The Morgan fingerprint density at radius 3 is 2.84 bits per heavy atom. The van der Waals surface area contributed by atoms with Crippen molar-refractivity contribution in [1.82, 2.24) is 10.2 Å². The minimum atomic E-state index is -0.196. The van der Waals surface area contributed by atoms with Crippen molar-refractivity contribution in [3.05, 3.63) is 21.9 Å². The van der Waals surface area contributed by atoms with Gasteiger partial charge in [0.05, 0.1) is 0 Å². The van der Waals surface area contributed by atoms with Crippen molar-refractivity contribution in [2.75, 3.05) is 32.8 Å². The van der Waals surface area contributed by atoms with Crippen LogP contribution in [0, 0.1) is 11.8 Å². The van der Waals surface area contributed by atoms with E-state index in [1.165, 1.54) is 11.3 Å². The molecule has 0 saturated heterocycles. The van der Waals surface area contributed by atoms with Crippen LogP contribution in [0.4, 0.5) is 0 Å². The van der Waals surface area contributed by atoms with Gasteiger partial charge >= 0.3 is 0 Å². The molecule has 0 unspecified atom stereocenters. The fraction of sp³-hybridized carbons (Fsp3) is 0.500. The number of aliphatic hydroxyl groups excluding tert-OH is 1. The lowest BCUT2D eigenvalue weighted by atomic mass is 10.2. The maximum atomic E-state index is 12.0. The molecule has 0 fully saturated rings. The predicted octanol–water partition coefficient (Wildman–Crippen LogP) is 1.16. The standard InChI is InChI=1S/C14H20N2O2S/c1-3-16(4-2)9-8-15-14(18)13-12(6-5-10-17)7-11-19-13/h7,11,17H,3-4,8-10H2,1-2H3,(H,15,18). The first-order valence-electron chi connectivity index (χ1n) is 6.40. The van der Waals surface area contributed by atoms with Crippen LogP contribution < -0.4 is 5.32 Å². The minimum Gasteiger partial charge on any atom is -0.384 e. The second-order valence-corrected chi connectivity index (χ2v) is 4.82. The van der Waals surface area contributed by atoms with E-state index in [1.54, 1.807) is 6.07 Å². The number of nitrogens with one attached hydrogen (secondary N) is 1. The van der Waals surface area contributed by atoms with Crippen molar-refractivity contribution in [2.24, 2.45) is 0 Å². The first-order valence-corrected chi connectivity index (χ1v) is 7.28. The maximum Gasteiger partial charge on any atom is 0.262 e. The Bertz CT molecular complexity index is 456. The van der Waals surface area contributed by atoms with Crippen molar-refractivity contribution >= 4 is 17.2 Å². The third-order valence-electron chi connectivity index (χ3n) is 2.78. The lowest BCUT2D eigenvalue weighted by Gasteiger charge is -2.17. The molecule has 1 amide bonds. The molecule has 1 aromatic rings. The molecule has 19 heavy (non-hydrogen) atoms. The highest BCUT2D eigenvalue weighted by Crippen LogP contribution is 2.15. The van der Waals surface area contributed by atoms with Crippen LogP contribution in [-0.4, -0.2) is 48.7 Å². The van der Waals surface area contributed by atoms with Gasteiger partial charge in [-0.1, -0.05) is 25.7 Å². The number of nitrogens with zero attached hydrogens (tertiary/aromatic N) is 1. The molecule has 1 heterocycles. The molecule has 0 bridgehead atoms. The van der Waals surface area contributed by atoms with E-state index in [1.807, 2.05) is 5.38 Å². The SMILES string of the molecule is CCN(CC)CCNC(=O)c1sccc1C#CCO. The molecule has 0 aliphatic heterocycles. The molecule has 104 valence electrons. The maximum absolute atomic E-state index is 12.0. The van der Waals surface area contributed by atoms with Crippen LogP contribution >= 0.6 is 11.3 Å². The Morgan fingerprint density at radius 2 is 2.21 bits per heavy atom. The summed E-state index contributed by atoms with van der Waals surface area (Å²) in [6, 6.07) is 1.80. The molecule has 0 aromatic carbocycles. The van der Waals surface area contributed by atoms with Gasteiger partial charge in [0.15, 0.2) is 0 Å². The number of likely N-dealkylation sites (N-methyl/N-ethyl adjacent to an activating group) is 1. The number of carbonyl (C=O) groups excluding carboxylic acids is 1. The number of aliphatic hydroxyl groups is 1. The molecule has 2 N–H and O–H groups in total. The minimum absolute atomic E-state index is 0.0932.